The average molecular weight is 442 g/mol. The van der Waals surface area contributed by atoms with Crippen molar-refractivity contribution < 1.29 is 9.59 Å². The van der Waals surface area contributed by atoms with Crippen LogP contribution in [0, 0.1) is 5.92 Å². The van der Waals surface area contributed by atoms with E-state index in [0.717, 1.165) is 23.0 Å². The van der Waals surface area contributed by atoms with Gasteiger partial charge in [0.2, 0.25) is 5.91 Å². The topological polar surface area (TPSA) is 111 Å². The van der Waals surface area contributed by atoms with Crippen molar-refractivity contribution in [2.75, 3.05) is 39.5 Å². The van der Waals surface area contributed by atoms with E-state index in [2.05, 4.69) is 0 Å². The Kier molecular flexibility index (Phi) is 7.29. The number of amides is 1. The zero-order valence-corrected chi connectivity index (χ0v) is 18.9. The van der Waals surface area contributed by atoms with Crippen LogP contribution in [0.1, 0.15) is 35.7 Å². The molecule has 0 radical (unpaired) electrons. The van der Waals surface area contributed by atoms with E-state index in [0.29, 0.717) is 13.1 Å². The highest BCUT2D eigenvalue weighted by Gasteiger charge is 2.30. The Hall–Kier alpha value is -3.20. The number of nitrogens with two attached hydrogens (primary N) is 1. The van der Waals surface area contributed by atoms with Crippen molar-refractivity contribution in [1.82, 2.24) is 18.9 Å². The number of carbonyl (C=O) groups excluding carboxylic acids is 2. The molecule has 1 aliphatic heterocycles. The van der Waals surface area contributed by atoms with Gasteiger partial charge in [-0.1, -0.05) is 30.3 Å². The van der Waals surface area contributed by atoms with Crippen LogP contribution in [-0.2, 0) is 17.9 Å². The minimum absolute atomic E-state index is 0.0239. The van der Waals surface area contributed by atoms with Crippen molar-refractivity contribution in [3.8, 4) is 0 Å². The van der Waals surface area contributed by atoms with E-state index in [1.54, 1.807) is 25.9 Å². The van der Waals surface area contributed by atoms with E-state index in [-0.39, 0.29) is 42.8 Å². The Balaban J connectivity index is 1.92. The highest BCUT2D eigenvalue weighted by atomic mass is 16.2. The number of hydrogen-bond acceptors (Lipinski definition) is 6. The van der Waals surface area contributed by atoms with Gasteiger partial charge in [-0.15, -0.1) is 0 Å². The van der Waals surface area contributed by atoms with Crippen molar-refractivity contribution in [3.05, 3.63) is 62.3 Å². The molecule has 1 aromatic heterocycles. The molecule has 1 atom stereocenters. The number of ketones is 1. The first-order valence-corrected chi connectivity index (χ1v) is 10.9. The summed E-state index contributed by atoms with van der Waals surface area (Å²) in [5.74, 6) is -0.694. The van der Waals surface area contributed by atoms with Gasteiger partial charge in [-0.05, 0) is 31.9 Å². The van der Waals surface area contributed by atoms with E-state index >= 15 is 0 Å². The van der Waals surface area contributed by atoms with Crippen LogP contribution in [0.25, 0.3) is 0 Å². The second-order valence-electron chi connectivity index (χ2n) is 8.39. The number of anilines is 1. The van der Waals surface area contributed by atoms with Gasteiger partial charge in [-0.3, -0.25) is 28.4 Å². The second-order valence-corrected chi connectivity index (χ2v) is 8.39. The van der Waals surface area contributed by atoms with Gasteiger partial charge in [0.05, 0.1) is 19.0 Å². The van der Waals surface area contributed by atoms with E-state index in [9.17, 15) is 19.2 Å². The first-order valence-electron chi connectivity index (χ1n) is 10.9. The smallest absolute Gasteiger partial charge is 0.332 e. The van der Waals surface area contributed by atoms with Gasteiger partial charge >= 0.3 is 5.69 Å². The minimum atomic E-state index is -0.665. The standard InChI is InChI=1S/C23H31N5O4/c1-4-27-22(31)19(20(24)28(23(27)32)13-16-9-6-5-7-10-16)18(29)15-26-12-8-11-17(14-26)21(30)25(2)3/h5-7,9-10,17H,4,8,11-15,24H2,1-3H3. The summed E-state index contributed by atoms with van der Waals surface area (Å²) in [5, 5.41) is 0. The molecule has 0 bridgehead atoms. The third-order valence-corrected chi connectivity index (χ3v) is 5.91. The maximum absolute atomic E-state index is 13.2. The Bertz CT molecular complexity index is 1100. The Morgan fingerprint density at radius 2 is 1.81 bits per heavy atom. The molecule has 2 heterocycles. The number of likely N-dealkylation sites (tertiary alicyclic amines) is 1. The number of nitrogen functional groups attached to an aromatic ring is 1. The van der Waals surface area contributed by atoms with Crippen LogP contribution in [0.15, 0.2) is 39.9 Å². The molecule has 1 aromatic carbocycles. The molecule has 172 valence electrons. The zero-order chi connectivity index (χ0) is 23.4. The van der Waals surface area contributed by atoms with Crippen molar-refractivity contribution >= 4 is 17.5 Å². The summed E-state index contributed by atoms with van der Waals surface area (Å²) < 4.78 is 2.32. The number of piperidine rings is 1. The number of aromatic nitrogens is 2. The molecule has 3 rings (SSSR count). The van der Waals surface area contributed by atoms with Crippen molar-refractivity contribution in [2.24, 2.45) is 5.92 Å². The molecule has 2 N–H and O–H groups in total. The number of rotatable bonds is 7. The fourth-order valence-corrected chi connectivity index (χ4v) is 4.22. The van der Waals surface area contributed by atoms with Crippen LogP contribution in [0.2, 0.25) is 0 Å². The summed E-state index contributed by atoms with van der Waals surface area (Å²) in [6, 6.07) is 9.26. The van der Waals surface area contributed by atoms with E-state index < -0.39 is 17.0 Å². The van der Waals surface area contributed by atoms with Crippen LogP contribution < -0.4 is 17.0 Å². The Labute approximate surface area is 187 Å². The third kappa shape index (κ3) is 4.83. The van der Waals surface area contributed by atoms with Crippen molar-refractivity contribution in [3.63, 3.8) is 0 Å². The van der Waals surface area contributed by atoms with Gasteiger partial charge in [-0.2, -0.15) is 0 Å². The lowest BCUT2D eigenvalue weighted by atomic mass is 9.96. The largest absolute Gasteiger partial charge is 0.384 e. The predicted molar refractivity (Wildman–Crippen MR) is 123 cm³/mol. The van der Waals surface area contributed by atoms with Crippen molar-refractivity contribution in [2.45, 2.75) is 32.9 Å². The number of nitrogens with zero attached hydrogens (tertiary/aromatic N) is 4. The van der Waals surface area contributed by atoms with E-state index in [1.807, 2.05) is 35.2 Å². The molecular formula is C23H31N5O4. The molecule has 0 spiro atoms. The quantitative estimate of drug-likeness (QED) is 0.632. The van der Waals surface area contributed by atoms with E-state index in [1.165, 1.54) is 4.57 Å². The average Bonchev–Trinajstić information content (AvgIpc) is 2.77. The van der Waals surface area contributed by atoms with Gasteiger partial charge in [0, 0.05) is 27.2 Å². The molecule has 2 aromatic rings. The Morgan fingerprint density at radius 1 is 1.12 bits per heavy atom. The second kappa shape index (κ2) is 9.95. The van der Waals surface area contributed by atoms with Gasteiger partial charge < -0.3 is 10.6 Å². The third-order valence-electron chi connectivity index (χ3n) is 5.91. The SMILES string of the molecule is CCn1c(=O)c(C(=O)CN2CCCC(C(=O)N(C)C)C2)c(N)n(Cc2ccccc2)c1=O. The number of benzene rings is 1. The highest BCUT2D eigenvalue weighted by molar-refractivity contribution is 6.01. The summed E-state index contributed by atoms with van der Waals surface area (Å²) in [4.78, 5) is 54.8. The van der Waals surface area contributed by atoms with Crippen LogP contribution in [0.5, 0.6) is 0 Å². The first-order chi connectivity index (χ1) is 15.2. The molecule has 1 unspecified atom stereocenters. The predicted octanol–water partition coefficient (Wildman–Crippen LogP) is 0.643. The maximum atomic E-state index is 13.2. The lowest BCUT2D eigenvalue weighted by molar-refractivity contribution is -0.134. The normalized spacial score (nSPS) is 16.7. The van der Waals surface area contributed by atoms with Crippen LogP contribution in [-0.4, -0.2) is 64.4 Å². The minimum Gasteiger partial charge on any atom is -0.384 e. The summed E-state index contributed by atoms with van der Waals surface area (Å²) in [6.07, 6.45) is 1.56. The molecule has 9 nitrogen and oxygen atoms in total. The Morgan fingerprint density at radius 3 is 2.44 bits per heavy atom. The van der Waals surface area contributed by atoms with E-state index in [4.69, 9.17) is 5.73 Å². The van der Waals surface area contributed by atoms with Crippen LogP contribution in [0.4, 0.5) is 5.82 Å². The number of carbonyl (C=O) groups is 2. The fraction of sp³-hybridized carbons (Fsp3) is 0.478. The molecule has 9 heteroatoms. The first kappa shape index (κ1) is 23.5. The highest BCUT2D eigenvalue weighted by Crippen LogP contribution is 2.19. The molecule has 0 saturated carbocycles. The molecule has 1 amide bonds. The van der Waals surface area contributed by atoms with Gasteiger partial charge in [0.25, 0.3) is 5.56 Å². The number of Topliss-reactive ketones (excluding diaryl/α,β-unsaturated/α-hetero) is 1. The molecule has 1 saturated heterocycles. The maximum Gasteiger partial charge on any atom is 0.332 e. The monoisotopic (exact) mass is 441 g/mol. The zero-order valence-electron chi connectivity index (χ0n) is 18.9. The fourth-order valence-electron chi connectivity index (χ4n) is 4.22. The van der Waals surface area contributed by atoms with Crippen molar-refractivity contribution in [1.29, 1.82) is 0 Å². The summed E-state index contributed by atoms with van der Waals surface area (Å²) in [5.41, 5.74) is 5.70. The summed E-state index contributed by atoms with van der Waals surface area (Å²) in [6.45, 7) is 3.07. The van der Waals surface area contributed by atoms with Gasteiger partial charge in [-0.25, -0.2) is 4.79 Å². The molecule has 0 aliphatic carbocycles. The van der Waals surface area contributed by atoms with Crippen LogP contribution >= 0.6 is 0 Å². The molecule has 1 fully saturated rings. The van der Waals surface area contributed by atoms with Crippen LogP contribution in [0.3, 0.4) is 0 Å². The molecule has 1 aliphatic rings. The molecule has 32 heavy (non-hydrogen) atoms. The summed E-state index contributed by atoms with van der Waals surface area (Å²) in [7, 11) is 3.44. The summed E-state index contributed by atoms with van der Waals surface area (Å²) >= 11 is 0. The lowest BCUT2D eigenvalue weighted by Crippen LogP contribution is -2.47. The van der Waals surface area contributed by atoms with Gasteiger partial charge in [0.15, 0.2) is 5.78 Å². The number of hydrogen-bond donors (Lipinski definition) is 1. The lowest BCUT2D eigenvalue weighted by Gasteiger charge is -2.32. The molecular weight excluding hydrogens is 410 g/mol. The van der Waals surface area contributed by atoms with Gasteiger partial charge in [0.1, 0.15) is 11.4 Å².